The number of nitrogens with zero attached hydrogens (tertiary/aromatic N) is 1. The third-order valence-electron chi connectivity index (χ3n) is 5.09. The van der Waals surface area contributed by atoms with Gasteiger partial charge in [0.2, 0.25) is 5.43 Å². The van der Waals surface area contributed by atoms with Gasteiger partial charge in [-0.05, 0) is 43.7 Å². The van der Waals surface area contributed by atoms with Crippen molar-refractivity contribution in [3.8, 4) is 33.9 Å². The zero-order valence-corrected chi connectivity index (χ0v) is 19.0. The van der Waals surface area contributed by atoms with E-state index in [9.17, 15) is 14.7 Å². The summed E-state index contributed by atoms with van der Waals surface area (Å²) in [6.45, 7) is 4.08. The second kappa shape index (κ2) is 9.04. The molecule has 6 nitrogen and oxygen atoms in total. The van der Waals surface area contributed by atoms with Gasteiger partial charge in [-0.15, -0.1) is 0 Å². The molecule has 2 aromatic carbocycles. The number of carboxylic acid groups (broad SMARTS) is 1. The van der Waals surface area contributed by atoms with E-state index in [1.54, 1.807) is 47.9 Å². The van der Waals surface area contributed by atoms with Gasteiger partial charge in [-0.1, -0.05) is 29.3 Å². The third-order valence-corrected chi connectivity index (χ3v) is 5.83. The number of hydrogen-bond donors (Lipinski definition) is 1. The van der Waals surface area contributed by atoms with Crippen LogP contribution in [-0.2, 0) is 6.54 Å². The van der Waals surface area contributed by atoms with E-state index in [1.807, 2.05) is 6.92 Å². The van der Waals surface area contributed by atoms with E-state index >= 15 is 0 Å². The van der Waals surface area contributed by atoms with Crippen LogP contribution in [0.15, 0.2) is 41.2 Å². The predicted molar refractivity (Wildman–Crippen MR) is 122 cm³/mol. The SMILES string of the molecule is CCn1c(C)c(-c2cc(OC)cc(OC)c2)c(=O)c(C(=O)O)c1-c1ccc(Cl)c(Cl)c1. The quantitative estimate of drug-likeness (QED) is 0.521. The van der Waals surface area contributed by atoms with Gasteiger partial charge in [-0.3, -0.25) is 4.79 Å². The molecule has 3 rings (SSSR count). The fourth-order valence-electron chi connectivity index (χ4n) is 3.66. The van der Waals surface area contributed by atoms with Gasteiger partial charge >= 0.3 is 5.97 Å². The molecule has 0 radical (unpaired) electrons. The van der Waals surface area contributed by atoms with E-state index in [0.29, 0.717) is 39.9 Å². The van der Waals surface area contributed by atoms with Crippen molar-refractivity contribution in [2.24, 2.45) is 0 Å². The molecule has 1 heterocycles. The first-order valence-electron chi connectivity index (χ1n) is 9.43. The van der Waals surface area contributed by atoms with Crippen molar-refractivity contribution >= 4 is 29.2 Å². The van der Waals surface area contributed by atoms with Crippen LogP contribution in [0, 0.1) is 6.92 Å². The molecule has 0 atom stereocenters. The Balaban J connectivity index is 2.45. The molecule has 162 valence electrons. The first-order chi connectivity index (χ1) is 14.7. The average molecular weight is 462 g/mol. The molecular weight excluding hydrogens is 441 g/mol. The maximum Gasteiger partial charge on any atom is 0.341 e. The molecule has 1 N–H and O–H groups in total. The summed E-state index contributed by atoms with van der Waals surface area (Å²) in [5, 5.41) is 10.6. The molecule has 0 bridgehead atoms. The van der Waals surface area contributed by atoms with E-state index in [1.165, 1.54) is 14.2 Å². The lowest BCUT2D eigenvalue weighted by atomic mass is 9.96. The molecule has 3 aromatic rings. The van der Waals surface area contributed by atoms with E-state index in [-0.39, 0.29) is 21.8 Å². The van der Waals surface area contributed by atoms with Crippen LogP contribution in [0.3, 0.4) is 0 Å². The van der Waals surface area contributed by atoms with Crippen LogP contribution in [-0.4, -0.2) is 29.9 Å². The van der Waals surface area contributed by atoms with Crippen LogP contribution in [0.2, 0.25) is 10.0 Å². The van der Waals surface area contributed by atoms with Gasteiger partial charge in [0.05, 0.1) is 30.0 Å². The number of halogens is 2. The third kappa shape index (κ3) is 4.13. The molecule has 31 heavy (non-hydrogen) atoms. The minimum Gasteiger partial charge on any atom is -0.497 e. The number of pyridine rings is 1. The summed E-state index contributed by atoms with van der Waals surface area (Å²) in [4.78, 5) is 25.8. The first-order valence-corrected chi connectivity index (χ1v) is 10.2. The zero-order valence-electron chi connectivity index (χ0n) is 17.5. The number of aromatic nitrogens is 1. The maximum absolute atomic E-state index is 13.5. The smallest absolute Gasteiger partial charge is 0.341 e. The Bertz CT molecular complexity index is 1210. The van der Waals surface area contributed by atoms with Gasteiger partial charge in [0, 0.05) is 29.4 Å². The van der Waals surface area contributed by atoms with E-state index in [2.05, 4.69) is 0 Å². The molecule has 8 heteroatoms. The summed E-state index contributed by atoms with van der Waals surface area (Å²) in [6.07, 6.45) is 0. The largest absolute Gasteiger partial charge is 0.497 e. The standard InChI is InChI=1S/C23H21Cl2NO5/c1-5-26-12(2)19(14-8-15(30-3)11-16(9-14)31-4)22(27)20(23(28)29)21(26)13-6-7-17(24)18(25)10-13/h6-11H,5H2,1-4H3,(H,28,29). The maximum atomic E-state index is 13.5. The second-order valence-electron chi connectivity index (χ2n) is 6.79. The monoisotopic (exact) mass is 461 g/mol. The van der Waals surface area contributed by atoms with Gasteiger partial charge in [0.25, 0.3) is 0 Å². The molecule has 0 aliphatic rings. The lowest BCUT2D eigenvalue weighted by molar-refractivity contribution is 0.0695. The minimum absolute atomic E-state index is 0.264. The van der Waals surface area contributed by atoms with Crippen molar-refractivity contribution in [3.05, 3.63) is 67.9 Å². The van der Waals surface area contributed by atoms with Crippen molar-refractivity contribution < 1.29 is 19.4 Å². The summed E-state index contributed by atoms with van der Waals surface area (Å²) >= 11 is 12.2. The number of carbonyl (C=O) groups is 1. The highest BCUT2D eigenvalue weighted by Gasteiger charge is 2.26. The minimum atomic E-state index is -1.33. The Labute approximate surface area is 189 Å². The van der Waals surface area contributed by atoms with Crippen molar-refractivity contribution in [1.29, 1.82) is 0 Å². The van der Waals surface area contributed by atoms with Crippen LogP contribution < -0.4 is 14.9 Å². The fourth-order valence-corrected chi connectivity index (χ4v) is 3.96. The number of aromatic carboxylic acids is 1. The summed E-state index contributed by atoms with van der Waals surface area (Å²) < 4.78 is 12.4. The lowest BCUT2D eigenvalue weighted by Crippen LogP contribution is -2.25. The molecule has 0 unspecified atom stereocenters. The van der Waals surface area contributed by atoms with Gasteiger partial charge < -0.3 is 19.1 Å². The fraction of sp³-hybridized carbons (Fsp3) is 0.217. The number of carboxylic acids is 1. The van der Waals surface area contributed by atoms with Gasteiger partial charge in [-0.25, -0.2) is 4.79 Å². The molecule has 0 amide bonds. The Morgan fingerprint density at radius 2 is 1.61 bits per heavy atom. The van der Waals surface area contributed by atoms with Crippen LogP contribution in [0.4, 0.5) is 0 Å². The number of methoxy groups -OCH3 is 2. The molecule has 0 spiro atoms. The van der Waals surface area contributed by atoms with Crippen LogP contribution in [0.1, 0.15) is 23.0 Å². The Kier molecular flexibility index (Phi) is 6.62. The van der Waals surface area contributed by atoms with Crippen molar-refractivity contribution in [1.82, 2.24) is 4.57 Å². The average Bonchev–Trinajstić information content (AvgIpc) is 2.74. The first kappa shape index (κ1) is 22.7. The van der Waals surface area contributed by atoms with Crippen molar-refractivity contribution in [2.75, 3.05) is 14.2 Å². The van der Waals surface area contributed by atoms with Gasteiger partial charge in [0.15, 0.2) is 0 Å². The second-order valence-corrected chi connectivity index (χ2v) is 7.61. The Hall–Kier alpha value is -2.96. The zero-order chi connectivity index (χ0) is 22.9. The number of hydrogen-bond acceptors (Lipinski definition) is 4. The van der Waals surface area contributed by atoms with Crippen LogP contribution in [0.25, 0.3) is 22.4 Å². The molecule has 0 aliphatic carbocycles. The molecule has 0 saturated heterocycles. The van der Waals surface area contributed by atoms with E-state index in [0.717, 1.165) is 0 Å². The van der Waals surface area contributed by atoms with Crippen LogP contribution >= 0.6 is 23.2 Å². The van der Waals surface area contributed by atoms with Gasteiger partial charge in [-0.2, -0.15) is 0 Å². The van der Waals surface area contributed by atoms with E-state index < -0.39 is 11.4 Å². The van der Waals surface area contributed by atoms with Crippen LogP contribution in [0.5, 0.6) is 11.5 Å². The van der Waals surface area contributed by atoms with Crippen molar-refractivity contribution in [2.45, 2.75) is 20.4 Å². The topological polar surface area (TPSA) is 77.8 Å². The molecule has 0 saturated carbocycles. The lowest BCUT2D eigenvalue weighted by Gasteiger charge is -2.21. The highest BCUT2D eigenvalue weighted by Crippen LogP contribution is 2.35. The number of benzene rings is 2. The summed E-state index contributed by atoms with van der Waals surface area (Å²) in [6, 6.07) is 9.82. The summed E-state index contributed by atoms with van der Waals surface area (Å²) in [5.41, 5.74) is 1.19. The Morgan fingerprint density at radius 3 is 2.10 bits per heavy atom. The molecule has 1 aromatic heterocycles. The molecular formula is C23H21Cl2NO5. The highest BCUT2D eigenvalue weighted by atomic mass is 35.5. The van der Waals surface area contributed by atoms with E-state index in [4.69, 9.17) is 32.7 Å². The Morgan fingerprint density at radius 1 is 1.00 bits per heavy atom. The summed E-state index contributed by atoms with van der Waals surface area (Å²) in [5.74, 6) is -0.354. The number of ether oxygens (including phenoxy) is 2. The normalized spacial score (nSPS) is 10.8. The number of rotatable bonds is 6. The summed E-state index contributed by atoms with van der Waals surface area (Å²) in [7, 11) is 3.01. The van der Waals surface area contributed by atoms with Gasteiger partial charge in [0.1, 0.15) is 17.1 Å². The predicted octanol–water partition coefficient (Wildman–Crippen LogP) is 5.53. The molecule has 0 fully saturated rings. The van der Waals surface area contributed by atoms with Crippen molar-refractivity contribution in [3.63, 3.8) is 0 Å². The highest BCUT2D eigenvalue weighted by molar-refractivity contribution is 6.42. The molecule has 0 aliphatic heterocycles.